The normalized spacial score (nSPS) is 19.9. The number of hydrogen-bond acceptors (Lipinski definition) is 3. The summed E-state index contributed by atoms with van der Waals surface area (Å²) in [5.74, 6) is 0.444. The molecule has 2 aliphatic heterocycles. The molecule has 3 rings (SSSR count). The smallest absolute Gasteiger partial charge is 0.251 e. The van der Waals surface area contributed by atoms with Crippen molar-refractivity contribution in [1.82, 2.24) is 15.1 Å². The molecular formula is C31H45N3O2. The predicted molar refractivity (Wildman–Crippen MR) is 151 cm³/mol. The fraction of sp³-hybridized carbons (Fsp3) is 0.484. The van der Waals surface area contributed by atoms with Gasteiger partial charge >= 0.3 is 0 Å². The summed E-state index contributed by atoms with van der Waals surface area (Å²) in [4.78, 5) is 28.2. The predicted octanol–water partition coefficient (Wildman–Crippen LogP) is 6.83. The number of carbonyl (C=O) groups is 2. The van der Waals surface area contributed by atoms with E-state index in [1.807, 2.05) is 30.0 Å². The van der Waals surface area contributed by atoms with Gasteiger partial charge in [-0.05, 0) is 93.0 Å². The number of rotatable bonds is 6. The number of nitrogens with zero attached hydrogens (tertiary/aromatic N) is 2. The molecule has 0 saturated carbocycles. The van der Waals surface area contributed by atoms with E-state index in [0.29, 0.717) is 11.5 Å². The Morgan fingerprint density at radius 2 is 1.81 bits per heavy atom. The van der Waals surface area contributed by atoms with Crippen molar-refractivity contribution < 1.29 is 9.59 Å². The Balaban J connectivity index is 0.00000106. The molecule has 2 atom stereocenters. The van der Waals surface area contributed by atoms with Crippen LogP contribution in [0.4, 0.5) is 0 Å². The van der Waals surface area contributed by atoms with Gasteiger partial charge in [-0.3, -0.25) is 9.59 Å². The van der Waals surface area contributed by atoms with Crippen LogP contribution in [0.2, 0.25) is 0 Å². The summed E-state index contributed by atoms with van der Waals surface area (Å²) in [6.07, 6.45) is 10.8. The molecule has 0 spiro atoms. The number of benzene rings is 1. The van der Waals surface area contributed by atoms with E-state index >= 15 is 0 Å². The van der Waals surface area contributed by atoms with E-state index in [4.69, 9.17) is 0 Å². The topological polar surface area (TPSA) is 52.7 Å². The fourth-order valence-corrected chi connectivity index (χ4v) is 4.89. The Labute approximate surface area is 218 Å². The maximum absolute atomic E-state index is 12.1. The van der Waals surface area contributed by atoms with E-state index in [9.17, 15) is 9.59 Å². The molecule has 2 unspecified atom stereocenters. The number of likely N-dealkylation sites (tertiary alicyclic amines) is 1. The molecular weight excluding hydrogens is 446 g/mol. The summed E-state index contributed by atoms with van der Waals surface area (Å²) in [6.45, 7) is 19.5. The molecule has 1 N–H and O–H groups in total. The van der Waals surface area contributed by atoms with Crippen LogP contribution in [0.3, 0.4) is 0 Å². The third-order valence-electron chi connectivity index (χ3n) is 7.08. The van der Waals surface area contributed by atoms with Crippen LogP contribution in [0.25, 0.3) is 5.57 Å². The molecule has 1 fully saturated rings. The quantitative estimate of drug-likeness (QED) is 0.475. The van der Waals surface area contributed by atoms with Crippen LogP contribution in [0, 0.1) is 12.8 Å². The summed E-state index contributed by atoms with van der Waals surface area (Å²) in [7, 11) is 1.64. The van der Waals surface area contributed by atoms with Crippen molar-refractivity contribution in [3.05, 3.63) is 76.8 Å². The number of aryl methyl sites for hydroxylation is 1. The second-order valence-electron chi connectivity index (χ2n) is 10.1. The molecule has 0 bridgehead atoms. The third-order valence-corrected chi connectivity index (χ3v) is 7.08. The third kappa shape index (κ3) is 7.22. The van der Waals surface area contributed by atoms with Crippen molar-refractivity contribution in [2.45, 2.75) is 80.2 Å². The zero-order valence-corrected chi connectivity index (χ0v) is 23.6. The minimum atomic E-state index is -0.0845. The van der Waals surface area contributed by atoms with E-state index in [1.54, 1.807) is 14.0 Å². The van der Waals surface area contributed by atoms with E-state index < -0.39 is 0 Å². The second-order valence-corrected chi connectivity index (χ2v) is 10.1. The number of carbonyl (C=O) groups excluding carboxylic acids is 2. The van der Waals surface area contributed by atoms with Crippen LogP contribution in [0.5, 0.6) is 0 Å². The molecule has 0 aliphatic carbocycles. The monoisotopic (exact) mass is 491 g/mol. The first-order valence-electron chi connectivity index (χ1n) is 13.2. The van der Waals surface area contributed by atoms with Gasteiger partial charge < -0.3 is 15.1 Å². The fourth-order valence-electron chi connectivity index (χ4n) is 4.89. The molecule has 1 aromatic rings. The Kier molecular flexibility index (Phi) is 10.8. The molecule has 5 nitrogen and oxygen atoms in total. The molecule has 2 heterocycles. The van der Waals surface area contributed by atoms with Crippen molar-refractivity contribution in [3.8, 4) is 0 Å². The van der Waals surface area contributed by atoms with Crippen molar-refractivity contribution in [1.29, 1.82) is 0 Å². The standard InChI is InChI=1S/C27H35N3O2.C4H10/c1-17-10-11-29(19(3)12-17)26(15-23-14-20(4)30(16-23)22(6)31)21(5)25-9-8-24(13-18(25)2)27(32)28-7;1-3-4-2/h8-13,20,23H,3,14-16H2,1-2,4-7H3,(H,28,32);3-4H2,1-2H3/b26-21+;. The lowest BCUT2D eigenvalue weighted by Crippen LogP contribution is -2.31. The molecule has 0 radical (unpaired) electrons. The SMILES string of the molecule is C=C1C=C(C)C=CN1/C(CC1CC(C)N(C(C)=O)C1)=C(\C)c1ccc(C(=O)NC)cc1C.CCCC. The number of unbranched alkanes of at least 4 members (excludes halogenated alkanes) is 1. The summed E-state index contributed by atoms with van der Waals surface area (Å²) in [5, 5.41) is 2.69. The van der Waals surface area contributed by atoms with Crippen LogP contribution in [0.15, 0.2) is 60.1 Å². The highest BCUT2D eigenvalue weighted by molar-refractivity contribution is 5.94. The molecule has 5 heteroatoms. The average Bonchev–Trinajstić information content (AvgIpc) is 3.22. The zero-order valence-electron chi connectivity index (χ0n) is 23.6. The van der Waals surface area contributed by atoms with Crippen molar-refractivity contribution in [3.63, 3.8) is 0 Å². The van der Waals surface area contributed by atoms with Gasteiger partial charge in [0.2, 0.25) is 5.91 Å². The lowest BCUT2D eigenvalue weighted by atomic mass is 9.92. The van der Waals surface area contributed by atoms with E-state index in [2.05, 4.69) is 69.8 Å². The largest absolute Gasteiger partial charge is 0.355 e. The van der Waals surface area contributed by atoms with Crippen LogP contribution in [-0.2, 0) is 4.79 Å². The highest BCUT2D eigenvalue weighted by Crippen LogP contribution is 2.36. The van der Waals surface area contributed by atoms with Crippen LogP contribution in [-0.4, -0.2) is 41.2 Å². The van der Waals surface area contributed by atoms with Gasteiger partial charge in [0.25, 0.3) is 5.91 Å². The van der Waals surface area contributed by atoms with Crippen LogP contribution >= 0.6 is 0 Å². The number of hydrogen-bond donors (Lipinski definition) is 1. The molecule has 1 aromatic carbocycles. The zero-order chi connectivity index (χ0) is 27.0. The summed E-state index contributed by atoms with van der Waals surface area (Å²) in [5.41, 5.74) is 7.30. The second kappa shape index (κ2) is 13.3. The average molecular weight is 492 g/mol. The van der Waals surface area contributed by atoms with Gasteiger partial charge in [0.1, 0.15) is 0 Å². The first-order valence-corrected chi connectivity index (χ1v) is 13.2. The molecule has 2 aliphatic rings. The van der Waals surface area contributed by atoms with Crippen LogP contribution in [0.1, 0.15) is 88.7 Å². The molecule has 36 heavy (non-hydrogen) atoms. The van der Waals surface area contributed by atoms with Gasteiger partial charge in [-0.15, -0.1) is 0 Å². The van der Waals surface area contributed by atoms with Crippen molar-refractivity contribution in [2.75, 3.05) is 13.6 Å². The van der Waals surface area contributed by atoms with Crippen LogP contribution < -0.4 is 5.32 Å². The Hall–Kier alpha value is -3.08. The molecule has 196 valence electrons. The van der Waals surface area contributed by atoms with E-state index in [0.717, 1.165) is 36.2 Å². The van der Waals surface area contributed by atoms with Gasteiger partial charge in [-0.25, -0.2) is 0 Å². The number of nitrogens with one attached hydrogen (secondary N) is 1. The summed E-state index contributed by atoms with van der Waals surface area (Å²) >= 11 is 0. The highest BCUT2D eigenvalue weighted by atomic mass is 16.2. The number of amides is 2. The minimum Gasteiger partial charge on any atom is -0.355 e. The summed E-state index contributed by atoms with van der Waals surface area (Å²) in [6, 6.07) is 6.11. The maximum Gasteiger partial charge on any atom is 0.251 e. The van der Waals surface area contributed by atoms with Crippen molar-refractivity contribution >= 4 is 17.4 Å². The van der Waals surface area contributed by atoms with E-state index in [1.165, 1.54) is 29.7 Å². The molecule has 2 amide bonds. The molecule has 0 aromatic heterocycles. The maximum atomic E-state index is 12.1. The first kappa shape index (κ1) is 29.2. The van der Waals surface area contributed by atoms with Gasteiger partial charge in [-0.2, -0.15) is 0 Å². The molecule has 1 saturated heterocycles. The highest BCUT2D eigenvalue weighted by Gasteiger charge is 2.32. The number of allylic oxidation sites excluding steroid dienone is 5. The Morgan fingerprint density at radius 1 is 1.14 bits per heavy atom. The van der Waals surface area contributed by atoms with Gasteiger partial charge in [0.05, 0.1) is 0 Å². The van der Waals surface area contributed by atoms with E-state index in [-0.39, 0.29) is 17.9 Å². The van der Waals surface area contributed by atoms with Gasteiger partial charge in [0, 0.05) is 49.7 Å². The Morgan fingerprint density at radius 3 is 2.31 bits per heavy atom. The van der Waals surface area contributed by atoms with Crippen molar-refractivity contribution in [2.24, 2.45) is 5.92 Å². The lowest BCUT2D eigenvalue weighted by Gasteiger charge is -2.31. The van der Waals surface area contributed by atoms with Gasteiger partial charge in [-0.1, -0.05) is 39.3 Å². The first-order chi connectivity index (χ1) is 17.0. The summed E-state index contributed by atoms with van der Waals surface area (Å²) < 4.78 is 0. The Bertz CT molecular complexity index is 1060. The lowest BCUT2D eigenvalue weighted by molar-refractivity contribution is -0.129. The minimum absolute atomic E-state index is 0.0845. The van der Waals surface area contributed by atoms with Gasteiger partial charge in [0.15, 0.2) is 0 Å².